The minimum atomic E-state index is 0.551. The van der Waals surface area contributed by atoms with Crippen molar-refractivity contribution in [3.05, 3.63) is 18.3 Å². The molecule has 0 aromatic carbocycles. The Morgan fingerprint density at radius 2 is 2.38 bits per heavy atom. The van der Waals surface area contributed by atoms with Gasteiger partial charge in [0.25, 0.3) is 0 Å². The number of aromatic nitrogens is 3. The lowest BCUT2D eigenvalue weighted by atomic mass is 10.4. The molecule has 0 spiro atoms. The van der Waals surface area contributed by atoms with Crippen LogP contribution in [0.25, 0.3) is 11.2 Å². The van der Waals surface area contributed by atoms with Crippen molar-refractivity contribution in [3.63, 3.8) is 0 Å². The van der Waals surface area contributed by atoms with E-state index in [1.165, 1.54) is 0 Å². The SMILES string of the molecule is CCCn1c(N)nc2cccnc21. The lowest BCUT2D eigenvalue weighted by Crippen LogP contribution is -2.02. The Bertz CT molecular complexity index is 418. The van der Waals surface area contributed by atoms with Crippen LogP contribution in [0.2, 0.25) is 0 Å². The summed E-state index contributed by atoms with van der Waals surface area (Å²) in [5.41, 5.74) is 7.50. The molecule has 4 heteroatoms. The minimum absolute atomic E-state index is 0.551. The van der Waals surface area contributed by atoms with E-state index < -0.39 is 0 Å². The second-order valence-corrected chi connectivity index (χ2v) is 2.97. The van der Waals surface area contributed by atoms with E-state index in [2.05, 4.69) is 16.9 Å². The first-order chi connectivity index (χ1) is 6.33. The fourth-order valence-corrected chi connectivity index (χ4v) is 1.42. The Morgan fingerprint density at radius 1 is 1.54 bits per heavy atom. The van der Waals surface area contributed by atoms with Crippen LogP contribution in [0.15, 0.2) is 18.3 Å². The maximum Gasteiger partial charge on any atom is 0.202 e. The van der Waals surface area contributed by atoms with Gasteiger partial charge in [-0.05, 0) is 18.6 Å². The normalized spacial score (nSPS) is 10.8. The third kappa shape index (κ3) is 1.24. The fourth-order valence-electron chi connectivity index (χ4n) is 1.42. The average Bonchev–Trinajstić information content (AvgIpc) is 2.44. The highest BCUT2D eigenvalue weighted by atomic mass is 15.2. The van der Waals surface area contributed by atoms with E-state index in [1.807, 2.05) is 16.7 Å². The van der Waals surface area contributed by atoms with Crippen LogP contribution in [-0.2, 0) is 6.54 Å². The molecule has 0 aliphatic carbocycles. The topological polar surface area (TPSA) is 56.7 Å². The molecule has 0 saturated carbocycles. The quantitative estimate of drug-likeness (QED) is 0.752. The van der Waals surface area contributed by atoms with Gasteiger partial charge in [-0.2, -0.15) is 0 Å². The number of aryl methyl sites for hydroxylation is 1. The van der Waals surface area contributed by atoms with Crippen LogP contribution in [0.3, 0.4) is 0 Å². The van der Waals surface area contributed by atoms with E-state index in [-0.39, 0.29) is 0 Å². The summed E-state index contributed by atoms with van der Waals surface area (Å²) >= 11 is 0. The number of imidazole rings is 1. The number of hydrogen-bond acceptors (Lipinski definition) is 3. The van der Waals surface area contributed by atoms with Crippen LogP contribution in [0.4, 0.5) is 5.95 Å². The highest BCUT2D eigenvalue weighted by Crippen LogP contribution is 2.14. The minimum Gasteiger partial charge on any atom is -0.369 e. The molecule has 0 aliphatic rings. The lowest BCUT2D eigenvalue weighted by Gasteiger charge is -2.01. The molecule has 4 nitrogen and oxygen atoms in total. The molecule has 2 aromatic rings. The predicted octanol–water partition coefficient (Wildman–Crippen LogP) is 1.42. The molecule has 68 valence electrons. The Morgan fingerprint density at radius 3 is 3.15 bits per heavy atom. The summed E-state index contributed by atoms with van der Waals surface area (Å²) < 4.78 is 1.94. The molecule has 2 N–H and O–H groups in total. The zero-order valence-corrected chi connectivity index (χ0v) is 7.57. The van der Waals surface area contributed by atoms with Gasteiger partial charge in [0, 0.05) is 12.7 Å². The number of rotatable bonds is 2. The smallest absolute Gasteiger partial charge is 0.202 e. The van der Waals surface area contributed by atoms with E-state index in [1.54, 1.807) is 6.20 Å². The standard InChI is InChI=1S/C9H12N4/c1-2-6-13-8-7(12-9(13)10)4-3-5-11-8/h3-5H,2,6H2,1H3,(H2,10,12). The lowest BCUT2D eigenvalue weighted by molar-refractivity contribution is 0.701. The predicted molar refractivity (Wildman–Crippen MR) is 52.2 cm³/mol. The molecule has 13 heavy (non-hydrogen) atoms. The van der Waals surface area contributed by atoms with Crippen molar-refractivity contribution in [1.82, 2.24) is 14.5 Å². The van der Waals surface area contributed by atoms with Crippen molar-refractivity contribution in [1.29, 1.82) is 0 Å². The molecule has 0 bridgehead atoms. The summed E-state index contributed by atoms with van der Waals surface area (Å²) in [6, 6.07) is 3.79. The zero-order valence-electron chi connectivity index (χ0n) is 7.57. The van der Waals surface area contributed by atoms with Gasteiger partial charge in [-0.1, -0.05) is 6.92 Å². The molecule has 0 aliphatic heterocycles. The molecule has 0 amide bonds. The molecule has 0 fully saturated rings. The van der Waals surface area contributed by atoms with E-state index in [0.717, 1.165) is 24.1 Å². The highest BCUT2D eigenvalue weighted by molar-refractivity contribution is 5.73. The van der Waals surface area contributed by atoms with Gasteiger partial charge in [0.1, 0.15) is 5.52 Å². The van der Waals surface area contributed by atoms with Gasteiger partial charge in [0.15, 0.2) is 5.65 Å². The number of anilines is 1. The first-order valence-corrected chi connectivity index (χ1v) is 4.39. The first kappa shape index (κ1) is 8.04. The van der Waals surface area contributed by atoms with Gasteiger partial charge in [-0.3, -0.25) is 4.57 Å². The summed E-state index contributed by atoms with van der Waals surface area (Å²) in [5.74, 6) is 0.551. The van der Waals surface area contributed by atoms with E-state index >= 15 is 0 Å². The number of nitrogen functional groups attached to an aromatic ring is 1. The summed E-state index contributed by atoms with van der Waals surface area (Å²) in [6.07, 6.45) is 2.79. The Labute approximate surface area is 76.4 Å². The average molecular weight is 176 g/mol. The van der Waals surface area contributed by atoms with Crippen LogP contribution in [0.1, 0.15) is 13.3 Å². The Hall–Kier alpha value is -1.58. The molecular weight excluding hydrogens is 164 g/mol. The zero-order chi connectivity index (χ0) is 9.26. The summed E-state index contributed by atoms with van der Waals surface area (Å²) in [6.45, 7) is 2.98. The van der Waals surface area contributed by atoms with Crippen LogP contribution in [-0.4, -0.2) is 14.5 Å². The number of fused-ring (bicyclic) bond motifs is 1. The van der Waals surface area contributed by atoms with Crippen molar-refractivity contribution in [2.45, 2.75) is 19.9 Å². The number of hydrogen-bond donors (Lipinski definition) is 1. The van der Waals surface area contributed by atoms with E-state index in [9.17, 15) is 0 Å². The largest absolute Gasteiger partial charge is 0.369 e. The Balaban J connectivity index is 2.64. The molecular formula is C9H12N4. The molecule has 0 atom stereocenters. The maximum atomic E-state index is 5.75. The first-order valence-electron chi connectivity index (χ1n) is 4.39. The highest BCUT2D eigenvalue weighted by Gasteiger charge is 2.06. The maximum absolute atomic E-state index is 5.75. The molecule has 2 aromatic heterocycles. The molecule has 2 heterocycles. The van der Waals surface area contributed by atoms with Crippen LogP contribution in [0, 0.1) is 0 Å². The third-order valence-corrected chi connectivity index (χ3v) is 1.98. The van der Waals surface area contributed by atoms with Crippen LogP contribution in [0.5, 0.6) is 0 Å². The van der Waals surface area contributed by atoms with Crippen molar-refractivity contribution < 1.29 is 0 Å². The van der Waals surface area contributed by atoms with E-state index in [4.69, 9.17) is 5.73 Å². The van der Waals surface area contributed by atoms with Crippen molar-refractivity contribution in [3.8, 4) is 0 Å². The summed E-state index contributed by atoms with van der Waals surface area (Å²) in [4.78, 5) is 8.45. The van der Waals surface area contributed by atoms with Gasteiger partial charge in [-0.25, -0.2) is 9.97 Å². The van der Waals surface area contributed by atoms with Crippen molar-refractivity contribution in [2.75, 3.05) is 5.73 Å². The number of pyridine rings is 1. The second kappa shape index (κ2) is 3.05. The fraction of sp³-hybridized carbons (Fsp3) is 0.333. The van der Waals surface area contributed by atoms with Crippen molar-refractivity contribution in [2.24, 2.45) is 0 Å². The molecule has 0 unspecified atom stereocenters. The van der Waals surface area contributed by atoms with Crippen LogP contribution < -0.4 is 5.73 Å². The number of nitrogens with two attached hydrogens (primary N) is 1. The second-order valence-electron chi connectivity index (χ2n) is 2.97. The van der Waals surface area contributed by atoms with Crippen LogP contribution >= 0.6 is 0 Å². The third-order valence-electron chi connectivity index (χ3n) is 1.98. The van der Waals surface area contributed by atoms with Crippen molar-refractivity contribution >= 4 is 17.1 Å². The summed E-state index contributed by atoms with van der Waals surface area (Å²) in [7, 11) is 0. The van der Waals surface area contributed by atoms with Gasteiger partial charge in [-0.15, -0.1) is 0 Å². The summed E-state index contributed by atoms with van der Waals surface area (Å²) in [5, 5.41) is 0. The Kier molecular flexibility index (Phi) is 1.88. The molecule has 0 radical (unpaired) electrons. The molecule has 2 rings (SSSR count). The van der Waals surface area contributed by atoms with E-state index in [0.29, 0.717) is 5.95 Å². The van der Waals surface area contributed by atoms with Gasteiger partial charge in [0.05, 0.1) is 0 Å². The van der Waals surface area contributed by atoms with Gasteiger partial charge < -0.3 is 5.73 Å². The van der Waals surface area contributed by atoms with Gasteiger partial charge >= 0.3 is 0 Å². The number of nitrogens with zero attached hydrogens (tertiary/aromatic N) is 3. The molecule has 0 saturated heterocycles. The monoisotopic (exact) mass is 176 g/mol. The van der Waals surface area contributed by atoms with Gasteiger partial charge in [0.2, 0.25) is 5.95 Å².